The number of unbranched alkanes of at least 4 members (excludes halogenated alkanes) is 1. The van der Waals surface area contributed by atoms with Crippen molar-refractivity contribution in [3.05, 3.63) is 53.6 Å². The standard InChI is InChI=1S/C27H36N2O5/c1-4-6-14-28-27(31)23(5-2)29(19-21-8-7-9-22(17-21)32-3)26(30)13-11-20-10-12-24-25(18-20)34-16-15-33-24/h7-10,12,17-18,23H,4-6,11,13-16,19H2,1-3H3,(H,28,31). The molecule has 7 nitrogen and oxygen atoms in total. The molecule has 2 aromatic carbocycles. The third-order valence-corrected chi connectivity index (χ3v) is 5.94. The number of methoxy groups -OCH3 is 1. The van der Waals surface area contributed by atoms with Crippen LogP contribution in [-0.4, -0.2) is 49.6 Å². The van der Waals surface area contributed by atoms with E-state index < -0.39 is 6.04 Å². The minimum Gasteiger partial charge on any atom is -0.497 e. The van der Waals surface area contributed by atoms with E-state index >= 15 is 0 Å². The summed E-state index contributed by atoms with van der Waals surface area (Å²) in [5, 5.41) is 3.00. The van der Waals surface area contributed by atoms with E-state index in [0.717, 1.165) is 35.5 Å². The molecule has 1 unspecified atom stereocenters. The van der Waals surface area contributed by atoms with Crippen LogP contribution in [-0.2, 0) is 22.6 Å². The molecule has 0 aromatic heterocycles. The summed E-state index contributed by atoms with van der Waals surface area (Å²) in [6, 6.07) is 12.9. The lowest BCUT2D eigenvalue weighted by molar-refractivity contribution is -0.141. The van der Waals surface area contributed by atoms with Crippen molar-refractivity contribution in [3.63, 3.8) is 0 Å². The molecule has 0 saturated heterocycles. The Morgan fingerprint density at radius 2 is 1.85 bits per heavy atom. The molecule has 0 aliphatic carbocycles. The van der Waals surface area contributed by atoms with Crippen molar-refractivity contribution in [3.8, 4) is 17.2 Å². The highest BCUT2D eigenvalue weighted by atomic mass is 16.6. The molecular weight excluding hydrogens is 432 g/mol. The van der Waals surface area contributed by atoms with Crippen molar-refractivity contribution in [2.24, 2.45) is 0 Å². The van der Waals surface area contributed by atoms with Crippen molar-refractivity contribution in [1.82, 2.24) is 10.2 Å². The van der Waals surface area contributed by atoms with Crippen LogP contribution in [0.2, 0.25) is 0 Å². The number of carbonyl (C=O) groups excluding carboxylic acids is 2. The van der Waals surface area contributed by atoms with Gasteiger partial charge in [0.25, 0.3) is 0 Å². The quantitative estimate of drug-likeness (QED) is 0.474. The van der Waals surface area contributed by atoms with Crippen molar-refractivity contribution in [2.75, 3.05) is 26.9 Å². The van der Waals surface area contributed by atoms with Gasteiger partial charge in [0, 0.05) is 19.5 Å². The summed E-state index contributed by atoms with van der Waals surface area (Å²) >= 11 is 0. The third kappa shape index (κ3) is 6.89. The van der Waals surface area contributed by atoms with Gasteiger partial charge < -0.3 is 24.4 Å². The number of ether oxygens (including phenoxy) is 3. The zero-order chi connectivity index (χ0) is 24.3. The summed E-state index contributed by atoms with van der Waals surface area (Å²) < 4.78 is 16.6. The fourth-order valence-corrected chi connectivity index (χ4v) is 4.03. The number of nitrogens with one attached hydrogen (secondary N) is 1. The lowest BCUT2D eigenvalue weighted by Crippen LogP contribution is -2.49. The van der Waals surface area contributed by atoms with Crippen LogP contribution in [0.15, 0.2) is 42.5 Å². The molecule has 184 valence electrons. The van der Waals surface area contributed by atoms with Gasteiger partial charge in [0.15, 0.2) is 11.5 Å². The molecule has 0 radical (unpaired) electrons. The van der Waals surface area contributed by atoms with Gasteiger partial charge in [-0.2, -0.15) is 0 Å². The van der Waals surface area contributed by atoms with Crippen molar-refractivity contribution in [1.29, 1.82) is 0 Å². The molecule has 1 heterocycles. The Labute approximate surface area is 202 Å². The highest BCUT2D eigenvalue weighted by molar-refractivity contribution is 5.87. The van der Waals surface area contributed by atoms with E-state index in [0.29, 0.717) is 51.3 Å². The maximum Gasteiger partial charge on any atom is 0.242 e. The largest absolute Gasteiger partial charge is 0.497 e. The van der Waals surface area contributed by atoms with Gasteiger partial charge in [0.2, 0.25) is 11.8 Å². The summed E-state index contributed by atoms with van der Waals surface area (Å²) in [6.07, 6.45) is 3.30. The van der Waals surface area contributed by atoms with Crippen LogP contribution >= 0.6 is 0 Å². The number of hydrogen-bond donors (Lipinski definition) is 1. The van der Waals surface area contributed by atoms with Gasteiger partial charge >= 0.3 is 0 Å². The maximum absolute atomic E-state index is 13.5. The molecule has 34 heavy (non-hydrogen) atoms. The Morgan fingerprint density at radius 3 is 2.59 bits per heavy atom. The minimum atomic E-state index is -0.532. The van der Waals surface area contributed by atoms with E-state index in [2.05, 4.69) is 12.2 Å². The second-order valence-corrected chi connectivity index (χ2v) is 8.42. The molecule has 7 heteroatoms. The van der Waals surface area contributed by atoms with E-state index in [9.17, 15) is 9.59 Å². The normalized spacial score (nSPS) is 13.1. The highest BCUT2D eigenvalue weighted by Crippen LogP contribution is 2.31. The van der Waals surface area contributed by atoms with Crippen LogP contribution < -0.4 is 19.5 Å². The first-order valence-corrected chi connectivity index (χ1v) is 12.1. The molecule has 1 aliphatic rings. The van der Waals surface area contributed by atoms with E-state index in [1.165, 1.54) is 0 Å². The molecule has 2 amide bonds. The Bertz CT molecular complexity index is 962. The summed E-state index contributed by atoms with van der Waals surface area (Å²) in [5.41, 5.74) is 1.92. The first-order valence-electron chi connectivity index (χ1n) is 12.1. The van der Waals surface area contributed by atoms with Crippen LogP contribution in [0.25, 0.3) is 0 Å². The lowest BCUT2D eigenvalue weighted by atomic mass is 10.1. The Kier molecular flexibility index (Phi) is 9.62. The summed E-state index contributed by atoms with van der Waals surface area (Å²) in [5.74, 6) is 2.00. The molecule has 0 fully saturated rings. The van der Waals surface area contributed by atoms with Crippen molar-refractivity contribution >= 4 is 11.8 Å². The van der Waals surface area contributed by atoms with E-state index in [1.54, 1.807) is 12.0 Å². The molecule has 3 rings (SSSR count). The number of benzene rings is 2. The summed E-state index contributed by atoms with van der Waals surface area (Å²) in [4.78, 5) is 28.1. The molecule has 0 saturated carbocycles. The Morgan fingerprint density at radius 1 is 1.06 bits per heavy atom. The number of amides is 2. The fraction of sp³-hybridized carbons (Fsp3) is 0.481. The third-order valence-electron chi connectivity index (χ3n) is 5.94. The number of hydrogen-bond acceptors (Lipinski definition) is 5. The molecule has 1 atom stereocenters. The average Bonchev–Trinajstić information content (AvgIpc) is 2.87. The van der Waals surface area contributed by atoms with Crippen LogP contribution in [0, 0.1) is 0 Å². The molecule has 0 spiro atoms. The first kappa shape index (κ1) is 25.4. The first-order chi connectivity index (χ1) is 16.5. The predicted octanol–water partition coefficient (Wildman–Crippen LogP) is 4.12. The van der Waals surface area contributed by atoms with E-state index in [4.69, 9.17) is 14.2 Å². The summed E-state index contributed by atoms with van der Waals surface area (Å²) in [6.45, 7) is 6.05. The van der Waals surface area contributed by atoms with Gasteiger partial charge in [0.05, 0.1) is 7.11 Å². The lowest BCUT2D eigenvalue weighted by Gasteiger charge is -2.31. The maximum atomic E-state index is 13.5. The monoisotopic (exact) mass is 468 g/mol. The van der Waals surface area contributed by atoms with E-state index in [-0.39, 0.29) is 11.8 Å². The molecule has 2 aromatic rings. The second kappa shape index (κ2) is 12.9. The van der Waals surface area contributed by atoms with Gasteiger partial charge in [-0.15, -0.1) is 0 Å². The number of rotatable bonds is 12. The number of fused-ring (bicyclic) bond motifs is 1. The van der Waals surface area contributed by atoms with Gasteiger partial charge in [0.1, 0.15) is 25.0 Å². The SMILES string of the molecule is CCCCNC(=O)C(CC)N(Cc1cccc(OC)c1)C(=O)CCc1ccc2c(c1)OCCO2. The van der Waals surface area contributed by atoms with E-state index in [1.807, 2.05) is 49.4 Å². The van der Waals surface area contributed by atoms with Crippen molar-refractivity contribution < 1.29 is 23.8 Å². The predicted molar refractivity (Wildman–Crippen MR) is 131 cm³/mol. The zero-order valence-electron chi connectivity index (χ0n) is 20.5. The Balaban J connectivity index is 1.75. The molecular formula is C27H36N2O5. The number of nitrogens with zero attached hydrogens (tertiary/aromatic N) is 1. The average molecular weight is 469 g/mol. The summed E-state index contributed by atoms with van der Waals surface area (Å²) in [7, 11) is 1.62. The van der Waals surface area contributed by atoms with Crippen LogP contribution in [0.4, 0.5) is 0 Å². The molecule has 1 aliphatic heterocycles. The topological polar surface area (TPSA) is 77.1 Å². The van der Waals surface area contributed by atoms with Crippen LogP contribution in [0.1, 0.15) is 50.7 Å². The van der Waals surface area contributed by atoms with Gasteiger partial charge in [-0.25, -0.2) is 0 Å². The minimum absolute atomic E-state index is 0.0600. The zero-order valence-corrected chi connectivity index (χ0v) is 20.5. The van der Waals surface area contributed by atoms with Gasteiger partial charge in [-0.3, -0.25) is 9.59 Å². The van der Waals surface area contributed by atoms with Crippen LogP contribution in [0.3, 0.4) is 0 Å². The number of carbonyl (C=O) groups is 2. The van der Waals surface area contributed by atoms with Gasteiger partial charge in [-0.05, 0) is 54.7 Å². The van der Waals surface area contributed by atoms with Crippen molar-refractivity contribution in [2.45, 2.75) is 58.5 Å². The fourth-order valence-electron chi connectivity index (χ4n) is 4.03. The van der Waals surface area contributed by atoms with Gasteiger partial charge in [-0.1, -0.05) is 38.5 Å². The number of aryl methyl sites for hydroxylation is 1. The smallest absolute Gasteiger partial charge is 0.242 e. The van der Waals surface area contributed by atoms with Crippen LogP contribution in [0.5, 0.6) is 17.2 Å². The highest BCUT2D eigenvalue weighted by Gasteiger charge is 2.28. The Hall–Kier alpha value is -3.22. The molecule has 0 bridgehead atoms. The second-order valence-electron chi connectivity index (χ2n) is 8.42. The molecule has 1 N–H and O–H groups in total.